The predicted octanol–water partition coefficient (Wildman–Crippen LogP) is 8.29. The molecule has 6 aromatic rings. The first kappa shape index (κ1) is 50.4. The second-order valence-electron chi connectivity index (χ2n) is 19.2. The lowest BCUT2D eigenvalue weighted by molar-refractivity contribution is -0.144. The smallest absolute Gasteiger partial charge is 0.271 e. The number of hydrogen-bond acceptors (Lipinski definition) is 12. The van der Waals surface area contributed by atoms with Crippen LogP contribution in [0.4, 0.5) is 0 Å². The van der Waals surface area contributed by atoms with Crippen LogP contribution in [-0.4, -0.2) is 90.1 Å². The van der Waals surface area contributed by atoms with Gasteiger partial charge in [-0.3, -0.25) is 29.3 Å². The molecule has 0 radical (unpaired) electrons. The first-order valence-electron chi connectivity index (χ1n) is 22.3. The van der Waals surface area contributed by atoms with E-state index in [4.69, 9.17) is 27.9 Å². The van der Waals surface area contributed by atoms with E-state index in [9.17, 15) is 29.5 Å². The van der Waals surface area contributed by atoms with Crippen molar-refractivity contribution in [1.82, 2.24) is 46.0 Å². The lowest BCUT2D eigenvalue weighted by atomic mass is 9.84. The molecule has 2 aromatic carbocycles. The van der Waals surface area contributed by atoms with E-state index in [0.29, 0.717) is 43.5 Å². The number of thiazole rings is 1. The largest absolute Gasteiger partial charge is 0.486 e. The molecule has 69 heavy (non-hydrogen) atoms. The Morgan fingerprint density at radius 1 is 0.986 bits per heavy atom. The summed E-state index contributed by atoms with van der Waals surface area (Å²) in [6, 6.07) is 14.4. The molecule has 1 aliphatic rings. The van der Waals surface area contributed by atoms with E-state index >= 15 is 0 Å². The minimum Gasteiger partial charge on any atom is -0.486 e. The van der Waals surface area contributed by atoms with Crippen molar-refractivity contribution in [2.75, 3.05) is 13.1 Å². The normalized spacial score (nSPS) is 16.3. The number of aromatic nitrogens is 5. The molecule has 1 aliphatic heterocycles. The first-order valence-corrected chi connectivity index (χ1v) is 24.0. The number of nitriles is 1. The fourth-order valence-corrected chi connectivity index (χ4v) is 9.83. The fourth-order valence-electron chi connectivity index (χ4n) is 8.35. The highest BCUT2D eigenvalue weighted by Gasteiger charge is 2.45. The second-order valence-corrected chi connectivity index (χ2v) is 20.9. The van der Waals surface area contributed by atoms with Crippen molar-refractivity contribution in [1.29, 1.82) is 5.26 Å². The number of aromatic amines is 1. The van der Waals surface area contributed by atoms with Crippen LogP contribution < -0.4 is 20.7 Å². The Labute approximate surface area is 414 Å². The van der Waals surface area contributed by atoms with Gasteiger partial charge in [-0.05, 0) is 67.0 Å². The Morgan fingerprint density at radius 2 is 1.70 bits per heavy atom. The number of aliphatic hydroxyl groups is 1. The van der Waals surface area contributed by atoms with Gasteiger partial charge in [0.25, 0.3) is 5.91 Å². The Morgan fingerprint density at radius 3 is 2.35 bits per heavy atom. The monoisotopic (exact) mass is 992 g/mol. The number of hydrogen-bond donors (Lipinski definition) is 5. The highest BCUT2D eigenvalue weighted by Crippen LogP contribution is 2.36. The SMILES string of the molecule is Cc1ncsc1-c1ccc([C@H](C)NC(=O)[C@@H]2C[C@@H](O)CN2C(=O)[C@@H](NC(=O)CC(C)(C)CNC(=O)c2ncc(-c3n[nH]c4ccc(O[C@H](C)c5c(Cl)cncc5Cl)cc34)cc2C#N)C(C)(C)C)cc1. The molecule has 16 nitrogen and oxygen atoms in total. The molecule has 4 aromatic heterocycles. The van der Waals surface area contributed by atoms with Gasteiger partial charge in [-0.2, -0.15) is 10.4 Å². The molecule has 360 valence electrons. The van der Waals surface area contributed by atoms with Crippen LogP contribution in [0.3, 0.4) is 0 Å². The number of β-amino-alcohol motifs (C(OH)–C–C–N with tert-alkyl or cyclic N) is 1. The van der Waals surface area contributed by atoms with E-state index in [-0.39, 0.29) is 43.2 Å². The topological polar surface area (TPSA) is 228 Å². The van der Waals surface area contributed by atoms with Crippen molar-refractivity contribution in [3.63, 3.8) is 0 Å². The molecule has 1 fully saturated rings. The molecule has 4 amide bonds. The summed E-state index contributed by atoms with van der Waals surface area (Å²) in [4.78, 5) is 70.5. The number of pyridine rings is 2. The van der Waals surface area contributed by atoms with Gasteiger partial charge in [-0.25, -0.2) is 9.97 Å². The van der Waals surface area contributed by atoms with Gasteiger partial charge in [0.05, 0.1) is 49.4 Å². The number of ether oxygens (including phenoxy) is 1. The van der Waals surface area contributed by atoms with E-state index < -0.39 is 58.8 Å². The number of H-pyrrole nitrogens is 1. The molecular weight excluding hydrogens is 940 g/mol. The van der Waals surface area contributed by atoms with E-state index in [1.54, 1.807) is 48.9 Å². The summed E-state index contributed by atoms with van der Waals surface area (Å²) in [5, 5.41) is 38.5. The summed E-state index contributed by atoms with van der Waals surface area (Å²) in [5.74, 6) is -1.46. The number of benzene rings is 2. The van der Waals surface area contributed by atoms with Crippen LogP contribution in [0.5, 0.6) is 5.75 Å². The third-order valence-electron chi connectivity index (χ3n) is 12.1. The van der Waals surface area contributed by atoms with E-state index in [2.05, 4.69) is 47.2 Å². The van der Waals surface area contributed by atoms with Crippen molar-refractivity contribution >= 4 is 69.1 Å². The summed E-state index contributed by atoms with van der Waals surface area (Å²) >= 11 is 14.3. The summed E-state index contributed by atoms with van der Waals surface area (Å²) in [7, 11) is 0. The van der Waals surface area contributed by atoms with Crippen LogP contribution in [0.1, 0.15) is 106 Å². The van der Waals surface area contributed by atoms with Gasteiger partial charge in [0, 0.05) is 61.0 Å². The van der Waals surface area contributed by atoms with E-state index in [1.165, 1.54) is 29.6 Å². The molecule has 5 heterocycles. The van der Waals surface area contributed by atoms with Gasteiger partial charge in [0.1, 0.15) is 41.4 Å². The minimum absolute atomic E-state index is 0.0104. The van der Waals surface area contributed by atoms with Crippen molar-refractivity contribution in [2.45, 2.75) is 98.6 Å². The number of halogens is 2. The van der Waals surface area contributed by atoms with Crippen LogP contribution >= 0.6 is 34.5 Å². The highest BCUT2D eigenvalue weighted by molar-refractivity contribution is 7.13. The summed E-state index contributed by atoms with van der Waals surface area (Å²) in [5.41, 5.74) is 5.20. The number of aryl methyl sites for hydroxylation is 1. The van der Waals surface area contributed by atoms with Crippen molar-refractivity contribution < 1.29 is 29.0 Å². The Kier molecular flexibility index (Phi) is 15.1. The Bertz CT molecular complexity index is 2920. The summed E-state index contributed by atoms with van der Waals surface area (Å²) in [6.07, 6.45) is 2.97. The number of likely N-dealkylation sites (tertiary alicyclic amines) is 1. The van der Waals surface area contributed by atoms with Crippen LogP contribution in [-0.2, 0) is 14.4 Å². The minimum atomic E-state index is -1.04. The molecular formula is C50H54Cl2N10O6S. The molecule has 5 N–H and O–H groups in total. The lowest BCUT2D eigenvalue weighted by Crippen LogP contribution is -2.58. The van der Waals surface area contributed by atoms with Gasteiger partial charge in [-0.1, -0.05) is 82.1 Å². The first-order chi connectivity index (χ1) is 32.6. The molecule has 7 rings (SSSR count). The van der Waals surface area contributed by atoms with Gasteiger partial charge < -0.3 is 30.7 Å². The molecule has 0 bridgehead atoms. The molecule has 1 saturated heterocycles. The third-order valence-corrected chi connectivity index (χ3v) is 13.6. The van der Waals surface area contributed by atoms with Gasteiger partial charge >= 0.3 is 0 Å². The van der Waals surface area contributed by atoms with Crippen molar-refractivity contribution in [3.05, 3.63) is 111 Å². The van der Waals surface area contributed by atoms with Gasteiger partial charge in [0.2, 0.25) is 17.7 Å². The molecule has 0 unspecified atom stereocenters. The number of carbonyl (C=O) groups excluding carboxylic acids is 4. The molecule has 0 spiro atoms. The number of fused-ring (bicyclic) bond motifs is 1. The van der Waals surface area contributed by atoms with Crippen molar-refractivity contribution in [2.24, 2.45) is 10.8 Å². The summed E-state index contributed by atoms with van der Waals surface area (Å²) in [6.45, 7) is 14.6. The zero-order valence-electron chi connectivity index (χ0n) is 39.5. The zero-order valence-corrected chi connectivity index (χ0v) is 41.8. The Balaban J connectivity index is 0.967. The number of nitrogens with one attached hydrogen (secondary N) is 4. The summed E-state index contributed by atoms with van der Waals surface area (Å²) < 4.78 is 6.19. The van der Waals surface area contributed by atoms with Gasteiger partial charge in [-0.15, -0.1) is 11.3 Å². The molecule has 5 atom stereocenters. The number of amides is 4. The number of rotatable bonds is 15. The van der Waals surface area contributed by atoms with E-state index in [1.807, 2.05) is 65.8 Å². The predicted molar refractivity (Wildman–Crippen MR) is 264 cm³/mol. The van der Waals surface area contributed by atoms with Crippen LogP contribution in [0.25, 0.3) is 32.6 Å². The third kappa shape index (κ3) is 11.5. The van der Waals surface area contributed by atoms with Crippen LogP contribution in [0.15, 0.2) is 72.6 Å². The van der Waals surface area contributed by atoms with Crippen molar-refractivity contribution in [3.8, 4) is 33.5 Å². The zero-order chi connectivity index (χ0) is 49.9. The standard InChI is InChI=1S/C50H54Cl2N10O6S/c1-26(29-9-11-30(12-10-29)44-27(2)57-25-69-44)58-46(65)39-16-33(63)23-62(39)48(67)45(49(4,5)6)59-40(64)18-50(7,8)24-56-47(66)43-31(19-53)15-32(20-55-43)42-35-17-34(13-14-38(35)60-61-42)68-28(3)41-36(51)21-54-22-37(41)52/h9-15,17,20-22,25-26,28,33,39,45,63H,16,18,23-24H2,1-8H3,(H,56,66)(H,58,65)(H,59,64)(H,60,61)/t26-,28+,33+,39-,45+/m0/s1. The quantitative estimate of drug-likeness (QED) is 0.0658. The number of nitrogens with zero attached hydrogens (tertiary/aromatic N) is 6. The maximum absolute atomic E-state index is 14.3. The Hall–Kier alpha value is -6.45. The second kappa shape index (κ2) is 20.6. The molecule has 0 aliphatic carbocycles. The molecule has 0 saturated carbocycles. The van der Waals surface area contributed by atoms with Gasteiger partial charge in [0.15, 0.2) is 0 Å². The number of aliphatic hydroxyl groups excluding tert-OH is 1. The maximum atomic E-state index is 14.3. The van der Waals surface area contributed by atoms with Crippen LogP contribution in [0, 0.1) is 29.1 Å². The maximum Gasteiger partial charge on any atom is 0.271 e. The lowest BCUT2D eigenvalue weighted by Gasteiger charge is -2.36. The average molecular weight is 994 g/mol. The number of carbonyl (C=O) groups is 4. The molecule has 19 heteroatoms. The fraction of sp³-hybridized carbons (Fsp3) is 0.380. The highest BCUT2D eigenvalue weighted by atomic mass is 35.5. The average Bonchev–Trinajstić information content (AvgIpc) is 4.04. The van der Waals surface area contributed by atoms with E-state index in [0.717, 1.165) is 21.7 Å². The van der Waals surface area contributed by atoms with Crippen LogP contribution in [0.2, 0.25) is 10.0 Å².